The summed E-state index contributed by atoms with van der Waals surface area (Å²) in [6.07, 6.45) is 1.13. The molecule has 0 aromatic carbocycles. The molecule has 1 aliphatic rings. The smallest absolute Gasteiger partial charge is 0.0622 e. The third-order valence-electron chi connectivity index (χ3n) is 2.38. The van der Waals surface area contributed by atoms with Gasteiger partial charge in [-0.3, -0.25) is 4.90 Å². The number of nitrogens with zero attached hydrogens (tertiary/aromatic N) is 1. The molecule has 4 heteroatoms. The Kier molecular flexibility index (Phi) is 5.71. The molecular formula is C9H18ClNO2. The van der Waals surface area contributed by atoms with Gasteiger partial charge in [0.15, 0.2) is 0 Å². The van der Waals surface area contributed by atoms with Crippen LogP contribution in [0.5, 0.6) is 0 Å². The zero-order chi connectivity index (χ0) is 9.52. The summed E-state index contributed by atoms with van der Waals surface area (Å²) in [4.78, 5) is 2.35. The molecule has 0 aliphatic carbocycles. The lowest BCUT2D eigenvalue weighted by Crippen LogP contribution is -2.39. The van der Waals surface area contributed by atoms with E-state index in [0.29, 0.717) is 11.9 Å². The highest BCUT2D eigenvalue weighted by Gasteiger charge is 2.22. The molecule has 0 N–H and O–H groups in total. The monoisotopic (exact) mass is 207 g/mol. The van der Waals surface area contributed by atoms with Crippen molar-refractivity contribution >= 4 is 11.6 Å². The van der Waals surface area contributed by atoms with Crippen molar-refractivity contribution in [3.05, 3.63) is 0 Å². The molecule has 1 heterocycles. The second-order valence-electron chi connectivity index (χ2n) is 3.24. The Morgan fingerprint density at radius 3 is 2.92 bits per heavy atom. The van der Waals surface area contributed by atoms with E-state index in [4.69, 9.17) is 21.1 Å². The van der Waals surface area contributed by atoms with Gasteiger partial charge < -0.3 is 9.47 Å². The van der Waals surface area contributed by atoms with Crippen LogP contribution >= 0.6 is 11.6 Å². The fourth-order valence-corrected chi connectivity index (χ4v) is 1.82. The zero-order valence-electron chi connectivity index (χ0n) is 8.17. The van der Waals surface area contributed by atoms with Gasteiger partial charge in [-0.05, 0) is 6.42 Å². The van der Waals surface area contributed by atoms with E-state index in [1.807, 2.05) is 0 Å². The molecule has 1 rings (SSSR count). The minimum atomic E-state index is 0.550. The van der Waals surface area contributed by atoms with Gasteiger partial charge in [-0.15, -0.1) is 11.6 Å². The lowest BCUT2D eigenvalue weighted by atomic mass is 10.2. The lowest BCUT2D eigenvalue weighted by molar-refractivity contribution is 0.110. The van der Waals surface area contributed by atoms with E-state index in [1.165, 1.54) is 0 Å². The maximum Gasteiger partial charge on any atom is 0.0622 e. The number of ether oxygens (including phenoxy) is 2. The Morgan fingerprint density at radius 2 is 2.38 bits per heavy atom. The highest BCUT2D eigenvalue weighted by Crippen LogP contribution is 2.11. The van der Waals surface area contributed by atoms with Crippen LogP contribution in [-0.4, -0.2) is 56.8 Å². The molecule has 1 unspecified atom stereocenters. The first-order valence-corrected chi connectivity index (χ1v) is 5.28. The van der Waals surface area contributed by atoms with Crippen molar-refractivity contribution in [2.24, 2.45) is 0 Å². The molecule has 1 saturated heterocycles. The summed E-state index contributed by atoms with van der Waals surface area (Å²) in [6.45, 7) is 4.39. The Balaban J connectivity index is 2.26. The standard InChI is InChI=1S/C9H18ClNO2/c1-12-7-5-11(4-3-10)9-2-6-13-8-9/h9H,2-8H2,1H3. The molecule has 13 heavy (non-hydrogen) atoms. The maximum absolute atomic E-state index is 5.73. The Bertz CT molecular complexity index is 129. The van der Waals surface area contributed by atoms with Crippen LogP contribution in [0, 0.1) is 0 Å². The lowest BCUT2D eigenvalue weighted by Gasteiger charge is -2.26. The molecule has 0 bridgehead atoms. The van der Waals surface area contributed by atoms with Gasteiger partial charge in [0, 0.05) is 38.7 Å². The number of rotatable bonds is 6. The fraction of sp³-hybridized carbons (Fsp3) is 1.00. The molecular weight excluding hydrogens is 190 g/mol. The van der Waals surface area contributed by atoms with Crippen molar-refractivity contribution in [1.29, 1.82) is 0 Å². The molecule has 0 radical (unpaired) electrons. The van der Waals surface area contributed by atoms with Crippen LogP contribution in [0.2, 0.25) is 0 Å². The van der Waals surface area contributed by atoms with Gasteiger partial charge in [0.25, 0.3) is 0 Å². The number of methoxy groups -OCH3 is 1. The van der Waals surface area contributed by atoms with E-state index in [9.17, 15) is 0 Å². The summed E-state index contributed by atoms with van der Waals surface area (Å²) >= 11 is 5.73. The van der Waals surface area contributed by atoms with Gasteiger partial charge in [0.1, 0.15) is 0 Å². The summed E-state index contributed by atoms with van der Waals surface area (Å²) in [7, 11) is 1.73. The van der Waals surface area contributed by atoms with Gasteiger partial charge in [0.2, 0.25) is 0 Å². The van der Waals surface area contributed by atoms with Crippen LogP contribution in [0.1, 0.15) is 6.42 Å². The molecule has 0 amide bonds. The number of halogens is 1. The molecule has 0 saturated carbocycles. The van der Waals surface area contributed by atoms with E-state index in [0.717, 1.165) is 39.3 Å². The Labute approximate surface area is 84.9 Å². The van der Waals surface area contributed by atoms with Crippen molar-refractivity contribution in [1.82, 2.24) is 4.90 Å². The molecule has 0 aromatic rings. The summed E-state index contributed by atoms with van der Waals surface area (Å²) in [5, 5.41) is 0. The predicted octanol–water partition coefficient (Wildman–Crippen LogP) is 0.963. The van der Waals surface area contributed by atoms with Gasteiger partial charge in [-0.1, -0.05) is 0 Å². The minimum Gasteiger partial charge on any atom is -0.383 e. The first kappa shape index (κ1) is 11.2. The van der Waals surface area contributed by atoms with E-state index >= 15 is 0 Å². The van der Waals surface area contributed by atoms with Gasteiger partial charge in [-0.2, -0.15) is 0 Å². The van der Waals surface area contributed by atoms with E-state index < -0.39 is 0 Å². The predicted molar refractivity (Wildman–Crippen MR) is 53.4 cm³/mol. The second kappa shape index (κ2) is 6.60. The number of alkyl halides is 1. The van der Waals surface area contributed by atoms with Crippen LogP contribution in [0.3, 0.4) is 0 Å². The average molecular weight is 208 g/mol. The second-order valence-corrected chi connectivity index (χ2v) is 3.61. The summed E-state index contributed by atoms with van der Waals surface area (Å²) in [5.41, 5.74) is 0. The van der Waals surface area contributed by atoms with E-state index in [-0.39, 0.29) is 0 Å². The normalized spacial score (nSPS) is 22.8. The van der Waals surface area contributed by atoms with Crippen LogP contribution in [0.15, 0.2) is 0 Å². The van der Waals surface area contributed by atoms with Crippen LogP contribution < -0.4 is 0 Å². The van der Waals surface area contributed by atoms with Gasteiger partial charge in [-0.25, -0.2) is 0 Å². The topological polar surface area (TPSA) is 21.7 Å². The van der Waals surface area contributed by atoms with E-state index in [2.05, 4.69) is 4.90 Å². The molecule has 78 valence electrons. The third kappa shape index (κ3) is 3.81. The fourth-order valence-electron chi connectivity index (χ4n) is 1.60. The van der Waals surface area contributed by atoms with Crippen molar-refractivity contribution in [2.75, 3.05) is 45.9 Å². The largest absolute Gasteiger partial charge is 0.383 e. The summed E-state index contributed by atoms with van der Waals surface area (Å²) < 4.78 is 10.4. The van der Waals surface area contributed by atoms with Gasteiger partial charge >= 0.3 is 0 Å². The molecule has 1 aliphatic heterocycles. The summed E-state index contributed by atoms with van der Waals surface area (Å²) in [6, 6.07) is 0.550. The SMILES string of the molecule is COCCN(CCCl)C1CCOC1. The number of hydrogen-bond acceptors (Lipinski definition) is 3. The third-order valence-corrected chi connectivity index (χ3v) is 2.55. The minimum absolute atomic E-state index is 0.550. The van der Waals surface area contributed by atoms with Crippen molar-refractivity contribution in [2.45, 2.75) is 12.5 Å². The van der Waals surface area contributed by atoms with E-state index in [1.54, 1.807) is 7.11 Å². The van der Waals surface area contributed by atoms with Crippen molar-refractivity contribution in [3.8, 4) is 0 Å². The summed E-state index contributed by atoms with van der Waals surface area (Å²) in [5.74, 6) is 0.681. The first-order valence-electron chi connectivity index (χ1n) is 4.75. The first-order chi connectivity index (χ1) is 6.38. The highest BCUT2D eigenvalue weighted by atomic mass is 35.5. The molecule has 1 fully saturated rings. The molecule has 3 nitrogen and oxygen atoms in total. The van der Waals surface area contributed by atoms with Gasteiger partial charge in [0.05, 0.1) is 13.2 Å². The Morgan fingerprint density at radius 1 is 1.54 bits per heavy atom. The van der Waals surface area contributed by atoms with Crippen molar-refractivity contribution in [3.63, 3.8) is 0 Å². The van der Waals surface area contributed by atoms with Crippen LogP contribution in [-0.2, 0) is 9.47 Å². The zero-order valence-corrected chi connectivity index (χ0v) is 8.92. The molecule has 1 atom stereocenters. The maximum atomic E-state index is 5.73. The van der Waals surface area contributed by atoms with Crippen LogP contribution in [0.25, 0.3) is 0 Å². The quantitative estimate of drug-likeness (QED) is 0.606. The average Bonchev–Trinajstić information content (AvgIpc) is 2.65. The highest BCUT2D eigenvalue weighted by molar-refractivity contribution is 6.18. The Hall–Kier alpha value is 0.170. The van der Waals surface area contributed by atoms with Crippen LogP contribution in [0.4, 0.5) is 0 Å². The number of hydrogen-bond donors (Lipinski definition) is 0. The molecule has 0 aromatic heterocycles. The van der Waals surface area contributed by atoms with Crippen molar-refractivity contribution < 1.29 is 9.47 Å². The molecule has 0 spiro atoms.